The summed E-state index contributed by atoms with van der Waals surface area (Å²) in [6.07, 6.45) is 0. The molecule has 0 spiro atoms. The van der Waals surface area contributed by atoms with E-state index < -0.39 is 5.82 Å². The van der Waals surface area contributed by atoms with Gasteiger partial charge in [-0.2, -0.15) is 0 Å². The topological polar surface area (TPSA) is 20.7 Å². The highest BCUT2D eigenvalue weighted by Crippen LogP contribution is 2.30. The molecule has 0 atom stereocenters. The van der Waals surface area contributed by atoms with Crippen molar-refractivity contribution in [1.29, 1.82) is 0 Å². The van der Waals surface area contributed by atoms with Gasteiger partial charge in [-0.3, -0.25) is 4.57 Å². The molecule has 0 amide bonds. The molecule has 3 rings (SSSR count). The number of fused-ring (bicyclic) bond motifs is 1. The monoisotopic (exact) mass is 346 g/mol. The third-order valence-corrected chi connectivity index (χ3v) is 4.12. The number of aromatic nitrogens is 2. The Hall–Kier alpha value is -1.07. The van der Waals surface area contributed by atoms with Crippen LogP contribution in [0.25, 0.3) is 16.7 Å². The zero-order valence-corrected chi connectivity index (χ0v) is 12.8. The van der Waals surface area contributed by atoms with Crippen LogP contribution >= 0.6 is 47.0 Å². The number of rotatable bonds is 1. The van der Waals surface area contributed by atoms with Crippen LogP contribution in [-0.4, -0.2) is 9.55 Å². The van der Waals surface area contributed by atoms with Crippen molar-refractivity contribution in [2.45, 2.75) is 0 Å². The first-order valence-electron chi connectivity index (χ1n) is 5.52. The van der Waals surface area contributed by atoms with Crippen LogP contribution in [0.4, 0.5) is 4.39 Å². The zero-order chi connectivity index (χ0) is 14.4. The summed E-state index contributed by atoms with van der Waals surface area (Å²) in [5.41, 5.74) is 1.62. The lowest BCUT2D eigenvalue weighted by Gasteiger charge is -2.07. The highest BCUT2D eigenvalue weighted by molar-refractivity contribution is 7.71. The van der Waals surface area contributed by atoms with Crippen molar-refractivity contribution in [3.05, 3.63) is 56.0 Å². The molecular formula is C13H6Cl3FN2S. The smallest absolute Gasteiger partial charge is 0.182 e. The van der Waals surface area contributed by atoms with Crippen LogP contribution in [0.5, 0.6) is 0 Å². The van der Waals surface area contributed by atoms with Crippen LogP contribution in [0.15, 0.2) is 30.3 Å². The summed E-state index contributed by atoms with van der Waals surface area (Å²) in [4.78, 5) is 2.97. The molecule has 0 aliphatic heterocycles. The van der Waals surface area contributed by atoms with Crippen LogP contribution in [0.3, 0.4) is 0 Å². The van der Waals surface area contributed by atoms with Gasteiger partial charge in [0.05, 0.1) is 26.8 Å². The fourth-order valence-corrected chi connectivity index (χ4v) is 2.79. The fraction of sp³-hybridized carbons (Fsp3) is 0. The van der Waals surface area contributed by atoms with E-state index in [9.17, 15) is 4.39 Å². The Kier molecular flexibility index (Phi) is 3.50. The molecule has 2 aromatic carbocycles. The van der Waals surface area contributed by atoms with E-state index in [0.29, 0.717) is 36.6 Å². The number of hydrogen-bond donors (Lipinski definition) is 1. The van der Waals surface area contributed by atoms with E-state index in [1.54, 1.807) is 28.8 Å². The third-order valence-electron chi connectivity index (χ3n) is 2.87. The molecule has 0 saturated heterocycles. The fourth-order valence-electron chi connectivity index (χ4n) is 2.00. The van der Waals surface area contributed by atoms with Crippen molar-refractivity contribution in [2.24, 2.45) is 0 Å². The normalized spacial score (nSPS) is 11.2. The van der Waals surface area contributed by atoms with Gasteiger partial charge in [-0.15, -0.1) is 0 Å². The molecule has 0 fully saturated rings. The van der Waals surface area contributed by atoms with E-state index in [0.717, 1.165) is 0 Å². The lowest BCUT2D eigenvalue weighted by atomic mass is 10.2. The summed E-state index contributed by atoms with van der Waals surface area (Å²) < 4.78 is 16.0. The number of aromatic amines is 1. The van der Waals surface area contributed by atoms with Crippen molar-refractivity contribution < 1.29 is 4.39 Å². The van der Waals surface area contributed by atoms with Crippen molar-refractivity contribution in [3.8, 4) is 5.69 Å². The number of benzene rings is 2. The summed E-state index contributed by atoms with van der Waals surface area (Å²) in [5, 5.41) is 1.09. The molecule has 0 aliphatic rings. The Morgan fingerprint density at radius 2 is 1.75 bits per heavy atom. The molecular weight excluding hydrogens is 342 g/mol. The lowest BCUT2D eigenvalue weighted by Crippen LogP contribution is -1.97. The summed E-state index contributed by atoms with van der Waals surface area (Å²) >= 11 is 23.0. The molecule has 0 aliphatic carbocycles. The van der Waals surface area contributed by atoms with E-state index in [-0.39, 0.29) is 0 Å². The van der Waals surface area contributed by atoms with E-state index >= 15 is 0 Å². The van der Waals surface area contributed by atoms with Gasteiger partial charge in [0.15, 0.2) is 4.77 Å². The SMILES string of the molecule is Fc1cc(Cl)ccc1-n1c(=S)[nH]c2cc(Cl)c(Cl)cc21. The van der Waals surface area contributed by atoms with E-state index in [1.807, 2.05) is 0 Å². The standard InChI is InChI=1S/C13H6Cl3FN2S/c14-6-1-2-11(9(17)3-6)19-12-5-8(16)7(15)4-10(12)18-13(19)20/h1-5H,(H,18,20). The summed E-state index contributed by atoms with van der Waals surface area (Å²) in [6, 6.07) is 7.68. The maximum Gasteiger partial charge on any atom is 0.182 e. The van der Waals surface area contributed by atoms with Crippen molar-refractivity contribution in [2.75, 3.05) is 0 Å². The van der Waals surface area contributed by atoms with Crippen molar-refractivity contribution in [3.63, 3.8) is 0 Å². The highest BCUT2D eigenvalue weighted by Gasteiger charge is 2.13. The van der Waals surface area contributed by atoms with Crippen molar-refractivity contribution in [1.82, 2.24) is 9.55 Å². The van der Waals surface area contributed by atoms with Gasteiger partial charge in [0, 0.05) is 5.02 Å². The number of hydrogen-bond acceptors (Lipinski definition) is 1. The number of imidazole rings is 1. The van der Waals surface area contributed by atoms with Gasteiger partial charge in [0.25, 0.3) is 0 Å². The molecule has 0 radical (unpaired) electrons. The molecule has 20 heavy (non-hydrogen) atoms. The molecule has 7 heteroatoms. The molecule has 1 N–H and O–H groups in total. The first-order valence-corrected chi connectivity index (χ1v) is 7.07. The van der Waals surface area contributed by atoms with E-state index in [1.165, 1.54) is 6.07 Å². The summed E-state index contributed by atoms with van der Waals surface area (Å²) in [7, 11) is 0. The lowest BCUT2D eigenvalue weighted by molar-refractivity contribution is 0.619. The van der Waals surface area contributed by atoms with Gasteiger partial charge in [-0.05, 0) is 42.5 Å². The minimum absolute atomic E-state index is 0.295. The second-order valence-corrected chi connectivity index (χ2v) is 5.78. The van der Waals surface area contributed by atoms with Gasteiger partial charge >= 0.3 is 0 Å². The number of nitrogens with zero attached hydrogens (tertiary/aromatic N) is 1. The van der Waals surface area contributed by atoms with Gasteiger partial charge < -0.3 is 4.98 Å². The largest absolute Gasteiger partial charge is 0.330 e. The predicted molar refractivity (Wildman–Crippen MR) is 83.4 cm³/mol. The van der Waals surface area contributed by atoms with Crippen LogP contribution < -0.4 is 0 Å². The predicted octanol–water partition coefficient (Wildman–Crippen LogP) is 5.79. The Morgan fingerprint density at radius 1 is 1.05 bits per heavy atom. The molecule has 2 nitrogen and oxygen atoms in total. The first kappa shape index (κ1) is 13.9. The maximum atomic E-state index is 14.1. The minimum atomic E-state index is -0.472. The molecule has 0 saturated carbocycles. The molecule has 102 valence electrons. The van der Waals surface area contributed by atoms with Gasteiger partial charge in [-0.1, -0.05) is 34.8 Å². The van der Waals surface area contributed by atoms with E-state index in [2.05, 4.69) is 4.98 Å². The Labute approximate surface area is 133 Å². The number of nitrogens with one attached hydrogen (secondary N) is 1. The molecule has 3 aromatic rings. The average Bonchev–Trinajstić information content (AvgIpc) is 2.66. The third kappa shape index (κ3) is 2.23. The van der Waals surface area contributed by atoms with Gasteiger partial charge in [-0.25, -0.2) is 4.39 Å². The van der Waals surface area contributed by atoms with Gasteiger partial charge in [0.1, 0.15) is 5.82 Å². The van der Waals surface area contributed by atoms with Crippen LogP contribution in [0, 0.1) is 10.6 Å². The minimum Gasteiger partial charge on any atom is -0.330 e. The molecule has 1 aromatic heterocycles. The quantitative estimate of drug-likeness (QED) is 0.553. The molecule has 0 unspecified atom stereocenters. The van der Waals surface area contributed by atoms with Crippen LogP contribution in [0.1, 0.15) is 0 Å². The Bertz CT molecular complexity index is 885. The second-order valence-electron chi connectivity index (χ2n) is 4.14. The highest BCUT2D eigenvalue weighted by atomic mass is 35.5. The summed E-state index contributed by atoms with van der Waals surface area (Å²) in [6.45, 7) is 0. The zero-order valence-electron chi connectivity index (χ0n) is 9.75. The van der Waals surface area contributed by atoms with Crippen LogP contribution in [-0.2, 0) is 0 Å². The Balaban J connectivity index is 2.39. The van der Waals surface area contributed by atoms with Gasteiger partial charge in [0.2, 0.25) is 0 Å². The van der Waals surface area contributed by atoms with Crippen molar-refractivity contribution >= 4 is 58.1 Å². The average molecular weight is 348 g/mol. The Morgan fingerprint density at radius 3 is 2.45 bits per heavy atom. The number of halogens is 4. The number of H-pyrrole nitrogens is 1. The molecule has 0 bridgehead atoms. The molecule has 1 heterocycles. The maximum absolute atomic E-state index is 14.1. The summed E-state index contributed by atoms with van der Waals surface area (Å²) in [5.74, 6) is -0.472. The van der Waals surface area contributed by atoms with Crippen LogP contribution in [0.2, 0.25) is 15.1 Å². The first-order chi connectivity index (χ1) is 9.47. The van der Waals surface area contributed by atoms with E-state index in [4.69, 9.17) is 47.0 Å². The second kappa shape index (κ2) is 5.04.